The molecule has 2 aromatic rings. The first-order valence-corrected chi connectivity index (χ1v) is 7.94. The van der Waals surface area contributed by atoms with Gasteiger partial charge in [-0.05, 0) is 56.3 Å². The smallest absolute Gasteiger partial charge is 0.347 e. The minimum absolute atomic E-state index is 0.263. The fraction of sp³-hybridized carbons (Fsp3) is 0.176. The number of rotatable bonds is 5. The SMILES string of the molecule is CC(C)(Oc1ccc(N(C(N)=O)c2ccc(Cl)cc2Cl)cc1)C(=O)O. The average molecular weight is 383 g/mol. The number of carboxylic acids is 1. The van der Waals surface area contributed by atoms with Gasteiger partial charge in [0.05, 0.1) is 16.4 Å². The van der Waals surface area contributed by atoms with E-state index in [-0.39, 0.29) is 5.02 Å². The molecule has 0 atom stereocenters. The third kappa shape index (κ3) is 4.35. The number of nitrogens with two attached hydrogens (primary N) is 1. The average Bonchev–Trinajstić information content (AvgIpc) is 2.50. The standard InChI is InChI=1S/C17H16Cl2N2O4/c1-17(2,15(22)23)25-12-6-4-11(5-7-12)21(16(20)24)14-8-3-10(18)9-13(14)19/h3-9H,1-2H3,(H2,20,24)(H,22,23). The highest BCUT2D eigenvalue weighted by molar-refractivity contribution is 6.37. The molecule has 0 heterocycles. The lowest BCUT2D eigenvalue weighted by Gasteiger charge is -2.24. The number of carbonyl (C=O) groups is 2. The van der Waals surface area contributed by atoms with Crippen LogP contribution in [0.2, 0.25) is 10.0 Å². The minimum Gasteiger partial charge on any atom is -0.478 e. The van der Waals surface area contributed by atoms with E-state index in [2.05, 4.69) is 0 Å². The molecule has 0 unspecified atom stereocenters. The second-order valence-electron chi connectivity index (χ2n) is 5.68. The van der Waals surface area contributed by atoms with Gasteiger partial charge in [-0.25, -0.2) is 9.59 Å². The Labute approximate surface area is 154 Å². The lowest BCUT2D eigenvalue weighted by molar-refractivity contribution is -0.152. The first-order valence-electron chi connectivity index (χ1n) is 7.19. The van der Waals surface area contributed by atoms with Crippen LogP contribution < -0.4 is 15.4 Å². The Bertz CT molecular complexity index is 807. The molecule has 2 rings (SSSR count). The van der Waals surface area contributed by atoms with E-state index in [0.29, 0.717) is 22.1 Å². The number of primary amides is 1. The molecular formula is C17H16Cl2N2O4. The predicted octanol–water partition coefficient (Wildman–Crippen LogP) is 4.45. The minimum atomic E-state index is -1.38. The summed E-state index contributed by atoms with van der Waals surface area (Å²) in [6.07, 6.45) is 0. The van der Waals surface area contributed by atoms with Crippen molar-refractivity contribution < 1.29 is 19.4 Å². The zero-order valence-electron chi connectivity index (χ0n) is 13.5. The lowest BCUT2D eigenvalue weighted by atomic mass is 10.1. The monoisotopic (exact) mass is 382 g/mol. The number of carbonyl (C=O) groups excluding carboxylic acids is 1. The van der Waals surface area contributed by atoms with E-state index < -0.39 is 17.6 Å². The van der Waals surface area contributed by atoms with Crippen molar-refractivity contribution >= 4 is 46.6 Å². The van der Waals surface area contributed by atoms with Gasteiger partial charge in [-0.2, -0.15) is 0 Å². The van der Waals surface area contributed by atoms with Crippen LogP contribution in [0.25, 0.3) is 0 Å². The molecule has 0 bridgehead atoms. The van der Waals surface area contributed by atoms with Crippen LogP contribution >= 0.6 is 23.2 Å². The highest BCUT2D eigenvalue weighted by atomic mass is 35.5. The molecule has 0 aromatic heterocycles. The van der Waals surface area contributed by atoms with Crippen LogP contribution in [0.1, 0.15) is 13.8 Å². The Kier molecular flexibility index (Phi) is 5.45. The summed E-state index contributed by atoms with van der Waals surface area (Å²) >= 11 is 12.0. The number of hydrogen-bond donors (Lipinski definition) is 2. The maximum Gasteiger partial charge on any atom is 0.347 e. The molecule has 0 aliphatic heterocycles. The van der Waals surface area contributed by atoms with Crippen molar-refractivity contribution in [3.8, 4) is 5.75 Å². The Morgan fingerprint density at radius 3 is 2.20 bits per heavy atom. The molecule has 6 nitrogen and oxygen atoms in total. The van der Waals surface area contributed by atoms with Crippen LogP contribution in [-0.2, 0) is 4.79 Å². The summed E-state index contributed by atoms with van der Waals surface area (Å²) in [4.78, 5) is 24.2. The molecule has 2 aromatic carbocycles. The molecule has 0 saturated heterocycles. The lowest BCUT2D eigenvalue weighted by Crippen LogP contribution is -2.37. The molecule has 0 saturated carbocycles. The largest absolute Gasteiger partial charge is 0.478 e. The van der Waals surface area contributed by atoms with Crippen LogP contribution in [-0.4, -0.2) is 22.7 Å². The molecule has 0 aliphatic rings. The Balaban J connectivity index is 2.34. The molecule has 25 heavy (non-hydrogen) atoms. The number of ether oxygens (including phenoxy) is 1. The number of benzene rings is 2. The number of nitrogens with zero attached hydrogens (tertiary/aromatic N) is 1. The summed E-state index contributed by atoms with van der Waals surface area (Å²) < 4.78 is 5.43. The van der Waals surface area contributed by atoms with Crippen LogP contribution in [0.5, 0.6) is 5.75 Å². The summed E-state index contributed by atoms with van der Waals surface area (Å²) in [5.74, 6) is -0.758. The number of aliphatic carboxylic acids is 1. The summed E-state index contributed by atoms with van der Waals surface area (Å²) in [6.45, 7) is 2.87. The van der Waals surface area contributed by atoms with Gasteiger partial charge >= 0.3 is 12.0 Å². The zero-order valence-corrected chi connectivity index (χ0v) is 15.0. The molecule has 0 radical (unpaired) electrons. The van der Waals surface area contributed by atoms with Gasteiger partial charge in [0.15, 0.2) is 5.60 Å². The van der Waals surface area contributed by atoms with Crippen LogP contribution in [0, 0.1) is 0 Å². The number of hydrogen-bond acceptors (Lipinski definition) is 3. The first-order chi connectivity index (χ1) is 11.6. The van der Waals surface area contributed by atoms with E-state index in [1.54, 1.807) is 36.4 Å². The van der Waals surface area contributed by atoms with Crippen molar-refractivity contribution in [2.45, 2.75) is 19.4 Å². The van der Waals surface area contributed by atoms with E-state index in [0.717, 1.165) is 0 Å². The number of urea groups is 1. The number of anilines is 2. The van der Waals surface area contributed by atoms with Gasteiger partial charge in [-0.3, -0.25) is 4.90 Å². The van der Waals surface area contributed by atoms with Crippen molar-refractivity contribution in [2.75, 3.05) is 4.90 Å². The van der Waals surface area contributed by atoms with Gasteiger partial charge in [0.1, 0.15) is 5.75 Å². The summed E-state index contributed by atoms with van der Waals surface area (Å²) in [6, 6.07) is 10.2. The molecule has 3 N–H and O–H groups in total. The molecule has 0 aliphatic carbocycles. The topological polar surface area (TPSA) is 92.9 Å². The number of amides is 2. The number of carboxylic acid groups (broad SMARTS) is 1. The molecule has 2 amide bonds. The summed E-state index contributed by atoms with van der Waals surface area (Å²) in [5.41, 5.74) is 4.90. The fourth-order valence-corrected chi connectivity index (χ4v) is 2.54. The Hall–Kier alpha value is -2.44. The number of halogens is 2. The highest BCUT2D eigenvalue weighted by Gasteiger charge is 2.29. The summed E-state index contributed by atoms with van der Waals surface area (Å²) in [7, 11) is 0. The van der Waals surface area contributed by atoms with Gasteiger partial charge in [-0.1, -0.05) is 23.2 Å². The van der Waals surface area contributed by atoms with Gasteiger partial charge in [-0.15, -0.1) is 0 Å². The second-order valence-corrected chi connectivity index (χ2v) is 6.52. The first kappa shape index (κ1) is 18.9. The normalized spacial score (nSPS) is 11.0. The third-order valence-electron chi connectivity index (χ3n) is 3.35. The second kappa shape index (κ2) is 7.21. The molecule has 0 fully saturated rings. The molecule has 132 valence electrons. The van der Waals surface area contributed by atoms with E-state index in [9.17, 15) is 9.59 Å². The van der Waals surface area contributed by atoms with Crippen molar-refractivity contribution in [3.63, 3.8) is 0 Å². The highest BCUT2D eigenvalue weighted by Crippen LogP contribution is 2.34. The van der Waals surface area contributed by atoms with Crippen molar-refractivity contribution in [2.24, 2.45) is 5.73 Å². The Morgan fingerprint density at radius 1 is 1.12 bits per heavy atom. The van der Waals surface area contributed by atoms with Gasteiger partial charge < -0.3 is 15.6 Å². The van der Waals surface area contributed by atoms with Crippen molar-refractivity contribution in [1.29, 1.82) is 0 Å². The van der Waals surface area contributed by atoms with Crippen LogP contribution in [0.4, 0.5) is 16.2 Å². The maximum atomic E-state index is 11.9. The molecule has 8 heteroatoms. The van der Waals surface area contributed by atoms with E-state index in [4.69, 9.17) is 38.8 Å². The van der Waals surface area contributed by atoms with Crippen LogP contribution in [0.3, 0.4) is 0 Å². The van der Waals surface area contributed by atoms with Gasteiger partial charge in [0.2, 0.25) is 0 Å². The van der Waals surface area contributed by atoms with Gasteiger partial charge in [0.25, 0.3) is 0 Å². The fourth-order valence-electron chi connectivity index (χ4n) is 2.05. The van der Waals surface area contributed by atoms with Crippen LogP contribution in [0.15, 0.2) is 42.5 Å². The van der Waals surface area contributed by atoms with Crippen molar-refractivity contribution in [3.05, 3.63) is 52.5 Å². The zero-order chi connectivity index (χ0) is 18.8. The predicted molar refractivity (Wildman–Crippen MR) is 97.0 cm³/mol. The van der Waals surface area contributed by atoms with E-state index in [1.165, 1.54) is 24.8 Å². The van der Waals surface area contributed by atoms with E-state index >= 15 is 0 Å². The summed E-state index contributed by atoms with van der Waals surface area (Å²) in [5, 5.41) is 9.79. The third-order valence-corrected chi connectivity index (χ3v) is 3.89. The molecule has 0 spiro atoms. The maximum absolute atomic E-state index is 11.9. The van der Waals surface area contributed by atoms with Gasteiger partial charge in [0, 0.05) is 5.02 Å². The quantitative estimate of drug-likeness (QED) is 0.798. The van der Waals surface area contributed by atoms with Crippen molar-refractivity contribution in [1.82, 2.24) is 0 Å². The Morgan fingerprint density at radius 2 is 1.72 bits per heavy atom. The van der Waals surface area contributed by atoms with E-state index in [1.807, 2.05) is 0 Å². The molecular weight excluding hydrogens is 367 g/mol.